The fourth-order valence-electron chi connectivity index (χ4n) is 4.44. The molecular formula is C21H29ClN4O3. The molecule has 1 aliphatic carbocycles. The number of nitrogens with one attached hydrogen (secondary N) is 3. The fraction of sp³-hybridized carbons (Fsp3) is 0.571. The van der Waals surface area contributed by atoms with Gasteiger partial charge in [0.05, 0.1) is 6.04 Å². The smallest absolute Gasteiger partial charge is 0.322 e. The van der Waals surface area contributed by atoms with E-state index in [1.54, 1.807) is 0 Å². The highest BCUT2D eigenvalue weighted by atomic mass is 35.5. The summed E-state index contributed by atoms with van der Waals surface area (Å²) in [4.78, 5) is 38.6. The molecule has 1 saturated carbocycles. The summed E-state index contributed by atoms with van der Waals surface area (Å²) in [6.45, 7) is 6.36. The number of hydrogen-bond donors (Lipinski definition) is 3. The number of likely N-dealkylation sites (N-methyl/N-ethyl adjacent to an activating group) is 1. The van der Waals surface area contributed by atoms with Crippen molar-refractivity contribution in [3.63, 3.8) is 0 Å². The van der Waals surface area contributed by atoms with Crippen LogP contribution in [0.2, 0.25) is 5.02 Å². The molecule has 7 nitrogen and oxygen atoms in total. The Morgan fingerprint density at radius 1 is 1.24 bits per heavy atom. The van der Waals surface area contributed by atoms with Crippen LogP contribution in [0.15, 0.2) is 24.3 Å². The van der Waals surface area contributed by atoms with Crippen LogP contribution < -0.4 is 16.0 Å². The zero-order valence-corrected chi connectivity index (χ0v) is 17.7. The summed E-state index contributed by atoms with van der Waals surface area (Å²) in [5.41, 5.74) is 0.168. The van der Waals surface area contributed by atoms with E-state index in [-0.39, 0.29) is 23.8 Å². The minimum atomic E-state index is -0.838. The summed E-state index contributed by atoms with van der Waals surface area (Å²) in [6, 6.07) is 7.29. The Kier molecular flexibility index (Phi) is 6.80. The molecule has 8 heteroatoms. The van der Waals surface area contributed by atoms with Crippen LogP contribution in [0.4, 0.5) is 4.79 Å². The Balaban J connectivity index is 1.61. The molecule has 3 rings (SSSR count). The quantitative estimate of drug-likeness (QED) is 0.591. The zero-order valence-electron chi connectivity index (χ0n) is 17.0. The highest BCUT2D eigenvalue weighted by Crippen LogP contribution is 2.34. The van der Waals surface area contributed by atoms with E-state index in [0.717, 1.165) is 18.7 Å². The molecule has 1 unspecified atom stereocenters. The first-order chi connectivity index (χ1) is 13.9. The third-order valence-corrected chi connectivity index (χ3v) is 6.56. The molecule has 1 spiro atoms. The number of benzene rings is 1. The van der Waals surface area contributed by atoms with Crippen molar-refractivity contribution in [1.82, 2.24) is 20.9 Å². The van der Waals surface area contributed by atoms with Gasteiger partial charge >= 0.3 is 6.03 Å². The third-order valence-electron chi connectivity index (χ3n) is 6.21. The molecule has 0 aromatic heterocycles. The van der Waals surface area contributed by atoms with Gasteiger partial charge < -0.3 is 10.6 Å². The molecular weight excluding hydrogens is 392 g/mol. The highest BCUT2D eigenvalue weighted by Gasteiger charge is 2.48. The van der Waals surface area contributed by atoms with E-state index in [1.807, 2.05) is 24.3 Å². The number of hydrogen-bond acceptors (Lipinski definition) is 4. The standard InChI is InChI=1S/C21H29ClN4O3/c1-3-26(4-2)17(15-7-5-6-8-16(15)22)13-23-18(27)14-9-11-21(12-10-14)19(28)24-20(29)25-21/h5-8,14,17H,3-4,9-13H2,1-2H3,(H,23,27)(H2,24,25,28,29). The molecule has 1 aliphatic heterocycles. The summed E-state index contributed by atoms with van der Waals surface area (Å²) in [5, 5.41) is 8.83. The lowest BCUT2D eigenvalue weighted by molar-refractivity contribution is -0.130. The van der Waals surface area contributed by atoms with Gasteiger partial charge in [-0.05, 0) is 50.4 Å². The predicted octanol–water partition coefficient (Wildman–Crippen LogP) is 2.61. The number of urea groups is 1. The number of rotatable bonds is 7. The Bertz CT molecular complexity index is 773. The molecule has 1 aromatic rings. The van der Waals surface area contributed by atoms with Gasteiger partial charge in [0, 0.05) is 17.5 Å². The van der Waals surface area contributed by atoms with Crippen LogP contribution in [0, 0.1) is 5.92 Å². The van der Waals surface area contributed by atoms with Crippen LogP contribution in [-0.4, -0.2) is 47.9 Å². The van der Waals surface area contributed by atoms with E-state index >= 15 is 0 Å². The maximum absolute atomic E-state index is 12.8. The maximum Gasteiger partial charge on any atom is 0.322 e. The van der Waals surface area contributed by atoms with Crippen LogP contribution in [0.5, 0.6) is 0 Å². The minimum Gasteiger partial charge on any atom is -0.354 e. The van der Waals surface area contributed by atoms with Crippen LogP contribution in [0.1, 0.15) is 51.1 Å². The molecule has 2 fully saturated rings. The number of nitrogens with zero attached hydrogens (tertiary/aromatic N) is 1. The Morgan fingerprint density at radius 2 is 1.90 bits per heavy atom. The van der Waals surface area contributed by atoms with Crippen LogP contribution in [0.3, 0.4) is 0 Å². The lowest BCUT2D eigenvalue weighted by Gasteiger charge is -2.35. The molecule has 0 bridgehead atoms. The SMILES string of the molecule is CCN(CC)C(CNC(=O)C1CCC2(CC1)NC(=O)NC2=O)c1ccccc1Cl. The van der Waals surface area contributed by atoms with Crippen molar-refractivity contribution in [2.75, 3.05) is 19.6 Å². The molecule has 29 heavy (non-hydrogen) atoms. The minimum absolute atomic E-state index is 0.00233. The van der Waals surface area contributed by atoms with Crippen molar-refractivity contribution < 1.29 is 14.4 Å². The van der Waals surface area contributed by atoms with Gasteiger partial charge in [0.25, 0.3) is 5.91 Å². The summed E-state index contributed by atoms with van der Waals surface area (Å²) in [5.74, 6) is -0.440. The molecule has 2 aliphatic rings. The number of amides is 4. The van der Waals surface area contributed by atoms with Crippen molar-refractivity contribution in [2.24, 2.45) is 5.92 Å². The lowest BCUT2D eigenvalue weighted by Crippen LogP contribution is -2.51. The summed E-state index contributed by atoms with van der Waals surface area (Å²) in [7, 11) is 0. The number of carbonyl (C=O) groups is 3. The average Bonchev–Trinajstić information content (AvgIpc) is 2.98. The monoisotopic (exact) mass is 420 g/mol. The second-order valence-corrected chi connectivity index (χ2v) is 8.18. The highest BCUT2D eigenvalue weighted by molar-refractivity contribution is 6.31. The Morgan fingerprint density at radius 3 is 2.45 bits per heavy atom. The fourth-order valence-corrected chi connectivity index (χ4v) is 4.70. The van der Waals surface area contributed by atoms with E-state index in [2.05, 4.69) is 34.7 Å². The molecule has 1 heterocycles. The van der Waals surface area contributed by atoms with Crippen molar-refractivity contribution >= 4 is 29.4 Å². The Labute approximate surface area is 176 Å². The van der Waals surface area contributed by atoms with Gasteiger partial charge in [-0.3, -0.25) is 19.8 Å². The third kappa shape index (κ3) is 4.56. The van der Waals surface area contributed by atoms with Crippen molar-refractivity contribution in [3.05, 3.63) is 34.9 Å². The van der Waals surface area contributed by atoms with Crippen LogP contribution in [-0.2, 0) is 9.59 Å². The van der Waals surface area contributed by atoms with Crippen molar-refractivity contribution in [1.29, 1.82) is 0 Å². The molecule has 158 valence electrons. The van der Waals surface area contributed by atoms with Gasteiger partial charge in [-0.25, -0.2) is 4.79 Å². The molecule has 1 atom stereocenters. The molecule has 4 amide bonds. The van der Waals surface area contributed by atoms with Crippen molar-refractivity contribution in [3.8, 4) is 0 Å². The topological polar surface area (TPSA) is 90.5 Å². The van der Waals surface area contributed by atoms with Gasteiger partial charge in [0.2, 0.25) is 5.91 Å². The van der Waals surface area contributed by atoms with Gasteiger partial charge in [-0.2, -0.15) is 0 Å². The zero-order chi connectivity index (χ0) is 21.0. The lowest BCUT2D eigenvalue weighted by atomic mass is 9.76. The first-order valence-corrected chi connectivity index (χ1v) is 10.7. The van der Waals surface area contributed by atoms with Gasteiger partial charge in [0.1, 0.15) is 5.54 Å². The average molecular weight is 421 g/mol. The largest absolute Gasteiger partial charge is 0.354 e. The molecule has 1 aromatic carbocycles. The first-order valence-electron chi connectivity index (χ1n) is 10.3. The number of imide groups is 1. The number of carbonyl (C=O) groups excluding carboxylic acids is 3. The van der Waals surface area contributed by atoms with Gasteiger partial charge in [-0.15, -0.1) is 0 Å². The summed E-state index contributed by atoms with van der Waals surface area (Å²) < 4.78 is 0. The van der Waals surface area contributed by atoms with E-state index < -0.39 is 11.6 Å². The second kappa shape index (κ2) is 9.13. The van der Waals surface area contributed by atoms with Crippen LogP contribution >= 0.6 is 11.6 Å². The van der Waals surface area contributed by atoms with Gasteiger partial charge in [-0.1, -0.05) is 43.6 Å². The number of halogens is 1. The molecule has 1 saturated heterocycles. The Hall–Kier alpha value is -2.12. The van der Waals surface area contributed by atoms with Gasteiger partial charge in [0.15, 0.2) is 0 Å². The summed E-state index contributed by atoms with van der Waals surface area (Å²) in [6.07, 6.45) is 2.10. The van der Waals surface area contributed by atoms with Crippen molar-refractivity contribution in [2.45, 2.75) is 51.1 Å². The molecule has 0 radical (unpaired) electrons. The second-order valence-electron chi connectivity index (χ2n) is 7.77. The van der Waals surface area contributed by atoms with E-state index in [4.69, 9.17) is 11.6 Å². The summed E-state index contributed by atoms with van der Waals surface area (Å²) >= 11 is 6.42. The molecule has 3 N–H and O–H groups in total. The van der Waals surface area contributed by atoms with E-state index in [0.29, 0.717) is 37.3 Å². The maximum atomic E-state index is 12.8. The first kappa shape index (κ1) is 21.6. The normalized spacial score (nSPS) is 25.0. The van der Waals surface area contributed by atoms with E-state index in [9.17, 15) is 14.4 Å². The van der Waals surface area contributed by atoms with Crippen LogP contribution in [0.25, 0.3) is 0 Å². The van der Waals surface area contributed by atoms with E-state index in [1.165, 1.54) is 0 Å². The predicted molar refractivity (Wildman–Crippen MR) is 111 cm³/mol.